The minimum Gasteiger partial charge on any atom is -0.460 e. The zero-order valence-electron chi connectivity index (χ0n) is 22.2. The van der Waals surface area contributed by atoms with Gasteiger partial charge in [-0.15, -0.1) is 21.5 Å². The lowest BCUT2D eigenvalue weighted by Crippen LogP contribution is -2.29. The third kappa shape index (κ3) is 5.43. The van der Waals surface area contributed by atoms with Gasteiger partial charge in [-0.1, -0.05) is 24.0 Å². The van der Waals surface area contributed by atoms with Gasteiger partial charge in [0.05, 0.1) is 17.7 Å². The van der Waals surface area contributed by atoms with E-state index in [0.717, 1.165) is 38.8 Å². The Hall–Kier alpha value is -3.28. The van der Waals surface area contributed by atoms with Crippen molar-refractivity contribution in [1.29, 1.82) is 0 Å². The molecular formula is C28H33N5O2S. The lowest BCUT2D eigenvalue weighted by molar-refractivity contribution is -0.155. The highest BCUT2D eigenvalue weighted by atomic mass is 32.1. The van der Waals surface area contributed by atoms with Gasteiger partial charge in [-0.25, -0.2) is 0 Å². The summed E-state index contributed by atoms with van der Waals surface area (Å²) in [7, 11) is 0. The number of aryl methyl sites for hydroxylation is 2. The molecule has 0 aliphatic carbocycles. The zero-order valence-corrected chi connectivity index (χ0v) is 23.0. The molecule has 0 unspecified atom stereocenters. The smallest absolute Gasteiger partial charge is 0.308 e. The fourth-order valence-electron chi connectivity index (χ4n) is 4.01. The van der Waals surface area contributed by atoms with Gasteiger partial charge in [0.25, 0.3) is 0 Å². The number of hydrogen-bond acceptors (Lipinski definition) is 7. The van der Waals surface area contributed by atoms with Crippen LogP contribution in [0.15, 0.2) is 29.3 Å². The summed E-state index contributed by atoms with van der Waals surface area (Å²) < 4.78 is 7.66. The van der Waals surface area contributed by atoms with Crippen LogP contribution in [0.2, 0.25) is 0 Å². The summed E-state index contributed by atoms with van der Waals surface area (Å²) in [5.74, 6) is 7.28. The summed E-state index contributed by atoms with van der Waals surface area (Å²) in [6.45, 7) is 15.5. The number of ether oxygens (including phenoxy) is 1. The van der Waals surface area contributed by atoms with E-state index in [0.29, 0.717) is 5.82 Å². The topological polar surface area (TPSA) is 95.4 Å². The Morgan fingerprint density at radius 3 is 2.39 bits per heavy atom. The number of esters is 1. The van der Waals surface area contributed by atoms with Crippen molar-refractivity contribution in [2.24, 2.45) is 10.7 Å². The number of benzene rings is 1. The van der Waals surface area contributed by atoms with Crippen LogP contribution in [0.25, 0.3) is 5.00 Å². The number of carbonyl (C=O) groups excluding carboxylic acids is 1. The molecule has 36 heavy (non-hydrogen) atoms. The molecule has 4 rings (SSSR count). The highest BCUT2D eigenvalue weighted by Gasteiger charge is 2.33. The maximum Gasteiger partial charge on any atom is 0.308 e. The minimum absolute atomic E-state index is 0.0705. The Bertz CT molecular complexity index is 1400. The van der Waals surface area contributed by atoms with Crippen molar-refractivity contribution >= 4 is 23.0 Å². The Morgan fingerprint density at radius 2 is 1.78 bits per heavy atom. The second-order valence-corrected chi connectivity index (χ2v) is 11.9. The minimum atomic E-state index is -0.584. The maximum atomic E-state index is 12.9. The molecule has 1 aliphatic heterocycles. The number of carbonyl (C=O) groups is 1. The number of nitrogens with two attached hydrogens (primary N) is 1. The average molecular weight is 504 g/mol. The number of fused-ring (bicyclic) bond motifs is 3. The van der Waals surface area contributed by atoms with Crippen LogP contribution < -0.4 is 5.73 Å². The predicted octanol–water partition coefficient (Wildman–Crippen LogP) is 4.97. The molecule has 3 heterocycles. The van der Waals surface area contributed by atoms with Crippen molar-refractivity contribution in [2.45, 2.75) is 79.0 Å². The van der Waals surface area contributed by atoms with Crippen molar-refractivity contribution < 1.29 is 9.53 Å². The lowest BCUT2D eigenvalue weighted by Gasteiger charge is -2.21. The molecule has 0 radical (unpaired) electrons. The Labute approximate surface area is 216 Å². The van der Waals surface area contributed by atoms with E-state index in [1.54, 1.807) is 11.3 Å². The van der Waals surface area contributed by atoms with Gasteiger partial charge >= 0.3 is 5.97 Å². The third-order valence-corrected chi connectivity index (χ3v) is 6.90. The standard InChI is InChI=1S/C28H33N5O2S/c1-16-17(2)36-26-23(16)24(20-11-9-19(10-12-20)13-14-28(7,8)29)30-21(15-22(34)35-27(4,5)6)25-32-31-18(3)33(25)26/h9-12,21H,15,29H2,1-8H3/t21-/m1/s1. The van der Waals surface area contributed by atoms with E-state index < -0.39 is 17.2 Å². The predicted molar refractivity (Wildman–Crippen MR) is 144 cm³/mol. The molecule has 1 atom stereocenters. The summed E-state index contributed by atoms with van der Waals surface area (Å²) in [5, 5.41) is 9.80. The van der Waals surface area contributed by atoms with Crippen molar-refractivity contribution in [3.8, 4) is 16.8 Å². The van der Waals surface area contributed by atoms with Crippen LogP contribution in [0, 0.1) is 32.6 Å². The van der Waals surface area contributed by atoms with Crippen molar-refractivity contribution in [1.82, 2.24) is 14.8 Å². The van der Waals surface area contributed by atoms with Gasteiger partial charge in [-0.3, -0.25) is 14.4 Å². The van der Waals surface area contributed by atoms with E-state index in [1.165, 1.54) is 4.88 Å². The van der Waals surface area contributed by atoms with Crippen LogP contribution in [0.4, 0.5) is 0 Å². The van der Waals surface area contributed by atoms with Gasteiger partial charge in [-0.05, 0) is 73.1 Å². The number of rotatable bonds is 3. The fraction of sp³-hybridized carbons (Fsp3) is 0.429. The van der Waals surface area contributed by atoms with Crippen LogP contribution in [0.5, 0.6) is 0 Å². The van der Waals surface area contributed by atoms with E-state index in [4.69, 9.17) is 15.5 Å². The summed E-state index contributed by atoms with van der Waals surface area (Å²) >= 11 is 1.68. The number of aromatic nitrogens is 3. The van der Waals surface area contributed by atoms with Crippen LogP contribution in [0.1, 0.15) is 85.9 Å². The molecule has 3 aromatic rings. The van der Waals surface area contributed by atoms with Crippen LogP contribution in [-0.2, 0) is 9.53 Å². The molecule has 0 saturated heterocycles. The Balaban J connectivity index is 1.85. The number of thiophene rings is 1. The molecular weight excluding hydrogens is 470 g/mol. The molecule has 188 valence electrons. The van der Waals surface area contributed by atoms with Crippen LogP contribution in [0.3, 0.4) is 0 Å². The molecule has 0 fully saturated rings. The first-order valence-electron chi connectivity index (χ1n) is 12.0. The molecule has 0 bridgehead atoms. The number of hydrogen-bond donors (Lipinski definition) is 1. The molecule has 0 amide bonds. The molecule has 7 nitrogen and oxygen atoms in total. The van der Waals surface area contributed by atoms with E-state index in [9.17, 15) is 4.79 Å². The fourth-order valence-corrected chi connectivity index (χ4v) is 5.22. The highest BCUT2D eigenvalue weighted by Crippen LogP contribution is 2.39. The summed E-state index contributed by atoms with van der Waals surface area (Å²) in [5.41, 5.74) is 9.70. The molecule has 1 aliphatic rings. The van der Waals surface area contributed by atoms with Gasteiger partial charge in [-0.2, -0.15) is 0 Å². The Kier molecular flexibility index (Phi) is 6.67. The zero-order chi connectivity index (χ0) is 26.4. The van der Waals surface area contributed by atoms with E-state index >= 15 is 0 Å². The third-order valence-electron chi connectivity index (χ3n) is 5.71. The average Bonchev–Trinajstić information content (AvgIpc) is 3.23. The quantitative estimate of drug-likeness (QED) is 0.402. The van der Waals surface area contributed by atoms with E-state index in [1.807, 2.05) is 70.4 Å². The van der Waals surface area contributed by atoms with Gasteiger partial charge < -0.3 is 10.5 Å². The van der Waals surface area contributed by atoms with Gasteiger partial charge in [0.15, 0.2) is 5.82 Å². The number of aliphatic imine (C=N–C) groups is 1. The highest BCUT2D eigenvalue weighted by molar-refractivity contribution is 7.15. The second kappa shape index (κ2) is 9.30. The van der Waals surface area contributed by atoms with Gasteiger partial charge in [0, 0.05) is 21.6 Å². The Morgan fingerprint density at radius 1 is 1.11 bits per heavy atom. The second-order valence-electron chi connectivity index (χ2n) is 10.7. The normalized spacial score (nSPS) is 15.2. The largest absolute Gasteiger partial charge is 0.460 e. The molecule has 0 spiro atoms. The molecule has 8 heteroatoms. The summed E-state index contributed by atoms with van der Waals surface area (Å²) in [6, 6.07) is 7.46. The number of nitrogens with zero attached hydrogens (tertiary/aromatic N) is 4. The first kappa shape index (κ1) is 25.8. The van der Waals surface area contributed by atoms with E-state index in [2.05, 4.69) is 35.9 Å². The van der Waals surface area contributed by atoms with Crippen LogP contribution in [-0.4, -0.2) is 37.6 Å². The molecule has 2 aromatic heterocycles. The maximum absolute atomic E-state index is 12.9. The molecule has 1 aromatic carbocycles. The van der Waals surface area contributed by atoms with Gasteiger partial charge in [0.2, 0.25) is 0 Å². The lowest BCUT2D eigenvalue weighted by atomic mass is 9.98. The van der Waals surface area contributed by atoms with Crippen molar-refractivity contribution in [3.05, 3.63) is 63.0 Å². The molecule has 0 saturated carbocycles. The van der Waals surface area contributed by atoms with Crippen molar-refractivity contribution in [3.63, 3.8) is 0 Å². The summed E-state index contributed by atoms with van der Waals surface area (Å²) in [6.07, 6.45) is 0.0705. The first-order chi connectivity index (χ1) is 16.7. The SMILES string of the molecule is Cc1sc2c(c1C)C(c1ccc(C#CC(C)(C)N)cc1)=N[C@H](CC(=O)OC(C)(C)C)c1nnc(C)n1-2. The van der Waals surface area contributed by atoms with Crippen LogP contribution >= 0.6 is 11.3 Å². The first-order valence-corrected chi connectivity index (χ1v) is 12.8. The van der Waals surface area contributed by atoms with Crippen molar-refractivity contribution in [2.75, 3.05) is 0 Å². The molecule has 2 N–H and O–H groups in total. The monoisotopic (exact) mass is 503 g/mol. The summed E-state index contributed by atoms with van der Waals surface area (Å²) in [4.78, 5) is 19.2. The van der Waals surface area contributed by atoms with Gasteiger partial charge in [0.1, 0.15) is 22.5 Å². The van der Waals surface area contributed by atoms with E-state index in [-0.39, 0.29) is 12.4 Å².